The van der Waals surface area contributed by atoms with Crippen LogP contribution >= 0.6 is 11.3 Å². The molecule has 3 aromatic heterocycles. The van der Waals surface area contributed by atoms with E-state index in [1.165, 1.54) is 23.5 Å². The van der Waals surface area contributed by atoms with Crippen LogP contribution in [0.4, 0.5) is 10.1 Å². The molecule has 3 N–H and O–H groups in total. The van der Waals surface area contributed by atoms with E-state index in [1.807, 2.05) is 37.3 Å². The monoisotopic (exact) mass is 522 g/mol. The molecule has 0 aliphatic carbocycles. The molecule has 182 valence electrons. The van der Waals surface area contributed by atoms with E-state index >= 15 is 0 Å². The average molecular weight is 523 g/mol. The van der Waals surface area contributed by atoms with Crippen LogP contribution in [0.15, 0.2) is 66.2 Å². The fourth-order valence-electron chi connectivity index (χ4n) is 3.71. The Bertz CT molecular complexity index is 1730. The summed E-state index contributed by atoms with van der Waals surface area (Å²) in [5.74, 6) is -1.46. The van der Waals surface area contributed by atoms with Crippen molar-refractivity contribution in [3.05, 3.63) is 88.9 Å². The van der Waals surface area contributed by atoms with Gasteiger partial charge < -0.3 is 5.32 Å². The summed E-state index contributed by atoms with van der Waals surface area (Å²) < 4.78 is 39.4. The number of sulfonamides is 1. The van der Waals surface area contributed by atoms with E-state index < -0.39 is 27.5 Å². The molecule has 0 saturated heterocycles. The molecule has 3 heterocycles. The molecule has 1 amide bonds. The molecule has 0 fully saturated rings. The highest BCUT2D eigenvalue weighted by Crippen LogP contribution is 2.29. The first-order chi connectivity index (χ1) is 17.2. The van der Waals surface area contributed by atoms with Gasteiger partial charge in [0.15, 0.2) is 11.5 Å². The fourth-order valence-corrected chi connectivity index (χ4v) is 5.08. The number of pyridine rings is 1. The van der Waals surface area contributed by atoms with Crippen molar-refractivity contribution in [2.45, 2.75) is 12.7 Å². The minimum absolute atomic E-state index is 0.0926. The maximum atomic E-state index is 14.1. The summed E-state index contributed by atoms with van der Waals surface area (Å²) in [5, 5.41) is 12.2. The molecule has 0 radical (unpaired) electrons. The second-order valence-corrected chi connectivity index (χ2v) is 10.6. The molecular formula is C24H19FN6O3S2. The molecule has 9 nitrogen and oxygen atoms in total. The summed E-state index contributed by atoms with van der Waals surface area (Å²) in [7, 11) is -3.95. The van der Waals surface area contributed by atoms with Crippen LogP contribution in [0.1, 0.15) is 21.7 Å². The topological polar surface area (TPSA) is 133 Å². The number of nitrogens with zero attached hydrogens (tertiary/aromatic N) is 4. The third-order valence-electron chi connectivity index (χ3n) is 5.32. The number of rotatable bonds is 6. The molecule has 0 saturated carbocycles. The van der Waals surface area contributed by atoms with Gasteiger partial charge in [-0.2, -0.15) is 5.10 Å². The van der Waals surface area contributed by atoms with Crippen LogP contribution < -0.4 is 10.5 Å². The molecule has 5 aromatic rings. The van der Waals surface area contributed by atoms with E-state index in [2.05, 4.69) is 20.4 Å². The lowest BCUT2D eigenvalue weighted by Crippen LogP contribution is -2.16. The van der Waals surface area contributed by atoms with Crippen molar-refractivity contribution in [3.8, 4) is 17.1 Å². The van der Waals surface area contributed by atoms with Gasteiger partial charge in [0.2, 0.25) is 10.0 Å². The summed E-state index contributed by atoms with van der Waals surface area (Å²) in [6.45, 7) is 1.86. The summed E-state index contributed by atoms with van der Waals surface area (Å²) in [6, 6.07) is 16.5. The van der Waals surface area contributed by atoms with E-state index in [0.717, 1.165) is 27.5 Å². The minimum atomic E-state index is -3.95. The number of primary sulfonamides is 1. The number of fused-ring (bicyclic) bond motifs is 1. The molecule has 36 heavy (non-hydrogen) atoms. The Labute approximate surface area is 209 Å². The van der Waals surface area contributed by atoms with Crippen molar-refractivity contribution in [1.29, 1.82) is 0 Å². The number of benzene rings is 2. The highest BCUT2D eigenvalue weighted by molar-refractivity contribution is 7.88. The number of aromatic nitrogens is 4. The number of aryl methyl sites for hydroxylation is 1. The van der Waals surface area contributed by atoms with Crippen molar-refractivity contribution in [2.75, 3.05) is 5.32 Å². The SMILES string of the molecule is Cc1cccc(-n2nc(C(=O)Nc3ccc(F)c(CS(N)(=O)=O)c3)cc2-c2ccc3ncsc3c2)n1. The van der Waals surface area contributed by atoms with E-state index in [4.69, 9.17) is 5.14 Å². The first-order valence-electron chi connectivity index (χ1n) is 10.6. The molecule has 0 atom stereocenters. The van der Waals surface area contributed by atoms with Gasteiger partial charge >= 0.3 is 0 Å². The van der Waals surface area contributed by atoms with Gasteiger partial charge in [-0.05, 0) is 55.5 Å². The molecule has 0 aliphatic rings. The van der Waals surface area contributed by atoms with Gasteiger partial charge in [-0.15, -0.1) is 11.3 Å². The predicted octanol–water partition coefficient (Wildman–Crippen LogP) is 4.03. The first kappa shape index (κ1) is 23.7. The molecule has 5 rings (SSSR count). The number of nitrogens with two attached hydrogens (primary N) is 1. The standard InChI is InChI=1S/C24H19FN6O3S2/c1-14-3-2-4-23(28-14)31-21(15-5-8-19-22(10-15)35-13-27-19)11-20(30-31)24(32)29-17-6-7-18(25)16(9-17)12-36(26,33)34/h2-11,13H,12H2,1H3,(H,29,32)(H2,26,33,34). The second-order valence-electron chi connectivity index (χ2n) is 8.07. The quantitative estimate of drug-likeness (QED) is 0.346. The van der Waals surface area contributed by atoms with Gasteiger partial charge in [0.1, 0.15) is 5.82 Å². The summed E-state index contributed by atoms with van der Waals surface area (Å²) >= 11 is 1.50. The van der Waals surface area contributed by atoms with Gasteiger partial charge in [0.25, 0.3) is 5.91 Å². The van der Waals surface area contributed by atoms with E-state index in [9.17, 15) is 17.6 Å². The van der Waals surface area contributed by atoms with Crippen LogP contribution in [-0.4, -0.2) is 34.1 Å². The lowest BCUT2D eigenvalue weighted by atomic mass is 10.1. The minimum Gasteiger partial charge on any atom is -0.321 e. The summed E-state index contributed by atoms with van der Waals surface area (Å²) in [4.78, 5) is 22.0. The maximum absolute atomic E-state index is 14.1. The first-order valence-corrected chi connectivity index (χ1v) is 13.2. The zero-order valence-electron chi connectivity index (χ0n) is 18.8. The fraction of sp³-hybridized carbons (Fsp3) is 0.0833. The third kappa shape index (κ3) is 5.00. The largest absolute Gasteiger partial charge is 0.321 e. The number of hydrogen-bond donors (Lipinski definition) is 2. The van der Waals surface area contributed by atoms with Crippen molar-refractivity contribution in [2.24, 2.45) is 5.14 Å². The Morgan fingerprint density at radius 3 is 2.75 bits per heavy atom. The van der Waals surface area contributed by atoms with Gasteiger partial charge in [-0.3, -0.25) is 4.79 Å². The highest BCUT2D eigenvalue weighted by atomic mass is 32.2. The Morgan fingerprint density at radius 1 is 1.14 bits per heavy atom. The van der Waals surface area contributed by atoms with Gasteiger partial charge in [-0.25, -0.2) is 32.6 Å². The van der Waals surface area contributed by atoms with Gasteiger partial charge in [-0.1, -0.05) is 12.1 Å². The van der Waals surface area contributed by atoms with Gasteiger partial charge in [0, 0.05) is 22.5 Å². The van der Waals surface area contributed by atoms with Crippen LogP contribution in [0, 0.1) is 12.7 Å². The number of hydrogen-bond acceptors (Lipinski definition) is 7. The summed E-state index contributed by atoms with van der Waals surface area (Å²) in [6.07, 6.45) is 0. The van der Waals surface area contributed by atoms with Crippen LogP contribution in [-0.2, 0) is 15.8 Å². The average Bonchev–Trinajstić information content (AvgIpc) is 3.47. The number of anilines is 1. The van der Waals surface area contributed by atoms with E-state index in [-0.39, 0.29) is 16.9 Å². The number of nitrogens with one attached hydrogen (secondary N) is 1. The Balaban J connectivity index is 1.53. The number of carbonyl (C=O) groups excluding carboxylic acids is 1. The molecule has 0 unspecified atom stereocenters. The van der Waals surface area contributed by atoms with Crippen LogP contribution in [0.25, 0.3) is 27.3 Å². The van der Waals surface area contributed by atoms with Crippen molar-refractivity contribution in [1.82, 2.24) is 19.7 Å². The smallest absolute Gasteiger partial charge is 0.276 e. The van der Waals surface area contributed by atoms with Crippen molar-refractivity contribution >= 4 is 43.2 Å². The van der Waals surface area contributed by atoms with Crippen LogP contribution in [0.2, 0.25) is 0 Å². The summed E-state index contributed by atoms with van der Waals surface area (Å²) in [5.41, 5.74) is 5.02. The zero-order chi connectivity index (χ0) is 25.4. The Morgan fingerprint density at radius 2 is 1.97 bits per heavy atom. The lowest BCUT2D eigenvalue weighted by Gasteiger charge is -2.08. The number of halogens is 1. The molecular weight excluding hydrogens is 503 g/mol. The zero-order valence-corrected chi connectivity index (χ0v) is 20.5. The Kier molecular flexibility index (Phi) is 6.08. The van der Waals surface area contributed by atoms with Crippen molar-refractivity contribution < 1.29 is 17.6 Å². The number of carbonyl (C=O) groups is 1. The molecule has 12 heteroatoms. The Hall–Kier alpha value is -4.00. The van der Waals surface area contributed by atoms with Crippen LogP contribution in [0.5, 0.6) is 0 Å². The van der Waals surface area contributed by atoms with E-state index in [0.29, 0.717) is 11.5 Å². The van der Waals surface area contributed by atoms with Crippen LogP contribution in [0.3, 0.4) is 0 Å². The van der Waals surface area contributed by atoms with E-state index in [1.54, 1.807) is 22.3 Å². The van der Waals surface area contributed by atoms with Gasteiger partial charge in [0.05, 0.1) is 27.2 Å². The lowest BCUT2D eigenvalue weighted by molar-refractivity contribution is 0.102. The number of amides is 1. The molecule has 0 spiro atoms. The number of thiazole rings is 1. The van der Waals surface area contributed by atoms with Crippen molar-refractivity contribution in [3.63, 3.8) is 0 Å². The molecule has 2 aromatic carbocycles. The predicted molar refractivity (Wildman–Crippen MR) is 136 cm³/mol. The molecule has 0 aliphatic heterocycles. The second kappa shape index (κ2) is 9.22. The molecule has 0 bridgehead atoms. The third-order valence-corrected chi connectivity index (χ3v) is 6.83. The normalized spacial score (nSPS) is 11.6. The highest BCUT2D eigenvalue weighted by Gasteiger charge is 2.19. The maximum Gasteiger partial charge on any atom is 0.276 e.